The number of rotatable bonds is 4. The largest absolute Gasteiger partial charge is 0.481 e. The molecule has 0 unspecified atom stereocenters. The second-order valence-corrected chi connectivity index (χ2v) is 3.27. The Bertz CT molecular complexity index is 157. The summed E-state index contributed by atoms with van der Waals surface area (Å²) in [5.41, 5.74) is -0.619. The maximum Gasteiger partial charge on any atom is 0.309 e. The minimum absolute atomic E-state index is 0.607. The molecule has 0 amide bonds. The molecule has 1 N–H and O–H groups in total. The average Bonchev–Trinajstić information content (AvgIpc) is 1.88. The zero-order chi connectivity index (χ0) is 8.91. The van der Waals surface area contributed by atoms with Gasteiger partial charge in [0.2, 0.25) is 0 Å². The summed E-state index contributed by atoms with van der Waals surface area (Å²) in [6.45, 7) is 5.49. The number of carboxylic acid groups (broad SMARTS) is 1. The third-order valence-corrected chi connectivity index (χ3v) is 1.61. The SMILES string of the molecule is CC/C=C/CC(C)(C)C(=O)O. The Labute approximate surface area is 67.9 Å². The van der Waals surface area contributed by atoms with Crippen molar-refractivity contribution in [2.45, 2.75) is 33.6 Å². The first-order valence-corrected chi connectivity index (χ1v) is 3.89. The third kappa shape index (κ3) is 3.81. The summed E-state index contributed by atoms with van der Waals surface area (Å²) in [5, 5.41) is 8.71. The molecule has 0 bridgehead atoms. The summed E-state index contributed by atoms with van der Waals surface area (Å²) in [4.78, 5) is 10.6. The summed E-state index contributed by atoms with van der Waals surface area (Å²) in [6, 6.07) is 0. The van der Waals surface area contributed by atoms with E-state index in [0.29, 0.717) is 6.42 Å². The Morgan fingerprint density at radius 3 is 2.36 bits per heavy atom. The molecule has 0 saturated carbocycles. The van der Waals surface area contributed by atoms with E-state index in [0.717, 1.165) is 6.42 Å². The zero-order valence-electron chi connectivity index (χ0n) is 7.42. The van der Waals surface area contributed by atoms with Crippen molar-refractivity contribution in [3.8, 4) is 0 Å². The van der Waals surface area contributed by atoms with E-state index >= 15 is 0 Å². The van der Waals surface area contributed by atoms with E-state index in [4.69, 9.17) is 5.11 Å². The summed E-state index contributed by atoms with van der Waals surface area (Å²) >= 11 is 0. The zero-order valence-corrected chi connectivity index (χ0v) is 7.42. The van der Waals surface area contributed by atoms with Crippen LogP contribution in [0.25, 0.3) is 0 Å². The van der Waals surface area contributed by atoms with Gasteiger partial charge in [-0.05, 0) is 26.7 Å². The van der Waals surface area contributed by atoms with E-state index in [-0.39, 0.29) is 0 Å². The van der Waals surface area contributed by atoms with Gasteiger partial charge in [0.1, 0.15) is 0 Å². The summed E-state index contributed by atoms with van der Waals surface area (Å²) in [6.07, 6.45) is 5.49. The maximum absolute atomic E-state index is 10.6. The molecule has 11 heavy (non-hydrogen) atoms. The molecule has 0 spiro atoms. The molecule has 0 heterocycles. The number of carboxylic acids is 1. The van der Waals surface area contributed by atoms with Crippen LogP contribution in [0, 0.1) is 5.41 Å². The highest BCUT2D eigenvalue weighted by molar-refractivity contribution is 5.73. The van der Waals surface area contributed by atoms with Crippen LogP contribution >= 0.6 is 0 Å². The molecule has 0 aromatic carbocycles. The molecule has 0 rings (SSSR count). The normalized spacial score (nSPS) is 12.3. The van der Waals surface area contributed by atoms with Crippen LogP contribution in [0.1, 0.15) is 33.6 Å². The minimum atomic E-state index is -0.738. The lowest BCUT2D eigenvalue weighted by Crippen LogP contribution is -2.22. The first-order chi connectivity index (χ1) is 5.00. The van der Waals surface area contributed by atoms with Gasteiger partial charge < -0.3 is 5.11 Å². The van der Waals surface area contributed by atoms with Gasteiger partial charge in [0, 0.05) is 0 Å². The van der Waals surface area contributed by atoms with Crippen LogP contribution in [-0.4, -0.2) is 11.1 Å². The van der Waals surface area contributed by atoms with E-state index in [1.807, 2.05) is 19.1 Å². The van der Waals surface area contributed by atoms with Gasteiger partial charge in [-0.25, -0.2) is 0 Å². The number of allylic oxidation sites excluding steroid dienone is 2. The van der Waals surface area contributed by atoms with E-state index in [1.54, 1.807) is 13.8 Å². The average molecular weight is 156 g/mol. The lowest BCUT2D eigenvalue weighted by Gasteiger charge is -2.15. The molecular weight excluding hydrogens is 140 g/mol. The minimum Gasteiger partial charge on any atom is -0.481 e. The monoisotopic (exact) mass is 156 g/mol. The molecule has 0 aliphatic carbocycles. The van der Waals surface area contributed by atoms with Gasteiger partial charge in [-0.1, -0.05) is 19.1 Å². The summed E-state index contributed by atoms with van der Waals surface area (Å²) in [7, 11) is 0. The first kappa shape index (κ1) is 10.2. The number of hydrogen-bond acceptors (Lipinski definition) is 1. The lowest BCUT2D eigenvalue weighted by molar-refractivity contribution is -0.146. The fraction of sp³-hybridized carbons (Fsp3) is 0.667. The molecule has 0 aromatic rings. The van der Waals surface area contributed by atoms with Crippen LogP contribution in [0.4, 0.5) is 0 Å². The van der Waals surface area contributed by atoms with Gasteiger partial charge in [-0.2, -0.15) is 0 Å². The molecule has 2 nitrogen and oxygen atoms in total. The van der Waals surface area contributed by atoms with Crippen molar-refractivity contribution < 1.29 is 9.90 Å². The van der Waals surface area contributed by atoms with Gasteiger partial charge in [-0.3, -0.25) is 4.79 Å². The van der Waals surface area contributed by atoms with E-state index in [1.165, 1.54) is 0 Å². The Kier molecular flexibility index (Phi) is 3.86. The second kappa shape index (κ2) is 4.16. The maximum atomic E-state index is 10.6. The van der Waals surface area contributed by atoms with Gasteiger partial charge in [0.25, 0.3) is 0 Å². The number of aliphatic carboxylic acids is 1. The van der Waals surface area contributed by atoms with Crippen molar-refractivity contribution in [1.29, 1.82) is 0 Å². The molecule has 0 aromatic heterocycles. The molecular formula is C9H16O2. The number of carbonyl (C=O) groups is 1. The first-order valence-electron chi connectivity index (χ1n) is 3.89. The van der Waals surface area contributed by atoms with Crippen LogP contribution in [0.3, 0.4) is 0 Å². The van der Waals surface area contributed by atoms with Crippen molar-refractivity contribution in [2.24, 2.45) is 5.41 Å². The van der Waals surface area contributed by atoms with Crippen molar-refractivity contribution >= 4 is 5.97 Å². The van der Waals surface area contributed by atoms with E-state index in [2.05, 4.69) is 0 Å². The predicted molar refractivity (Wildman–Crippen MR) is 45.5 cm³/mol. The quantitative estimate of drug-likeness (QED) is 0.635. The highest BCUT2D eigenvalue weighted by Gasteiger charge is 2.24. The van der Waals surface area contributed by atoms with Gasteiger partial charge in [0.15, 0.2) is 0 Å². The standard InChI is InChI=1S/C9H16O2/c1-4-5-6-7-9(2,3)8(10)11/h5-6H,4,7H2,1-3H3,(H,10,11)/b6-5+. The molecule has 0 fully saturated rings. The molecule has 64 valence electrons. The molecule has 0 atom stereocenters. The Morgan fingerprint density at radius 1 is 1.45 bits per heavy atom. The Hall–Kier alpha value is -0.790. The predicted octanol–water partition coefficient (Wildman–Crippen LogP) is 2.45. The number of hydrogen-bond donors (Lipinski definition) is 1. The van der Waals surface area contributed by atoms with E-state index in [9.17, 15) is 4.79 Å². The third-order valence-electron chi connectivity index (χ3n) is 1.61. The topological polar surface area (TPSA) is 37.3 Å². The van der Waals surface area contributed by atoms with Gasteiger partial charge in [-0.15, -0.1) is 0 Å². The molecule has 0 aliphatic rings. The van der Waals surface area contributed by atoms with Gasteiger partial charge >= 0.3 is 5.97 Å². The molecule has 0 aliphatic heterocycles. The Balaban J connectivity index is 3.92. The van der Waals surface area contributed by atoms with Crippen molar-refractivity contribution in [3.63, 3.8) is 0 Å². The van der Waals surface area contributed by atoms with Crippen molar-refractivity contribution in [3.05, 3.63) is 12.2 Å². The van der Waals surface area contributed by atoms with Crippen LogP contribution in [0.2, 0.25) is 0 Å². The fourth-order valence-electron chi connectivity index (χ4n) is 0.632. The van der Waals surface area contributed by atoms with Crippen LogP contribution in [0.15, 0.2) is 12.2 Å². The smallest absolute Gasteiger partial charge is 0.309 e. The summed E-state index contributed by atoms with van der Waals surface area (Å²) in [5.74, 6) is -0.738. The highest BCUT2D eigenvalue weighted by Crippen LogP contribution is 2.20. The summed E-state index contributed by atoms with van der Waals surface area (Å²) < 4.78 is 0. The van der Waals surface area contributed by atoms with Crippen LogP contribution in [0.5, 0.6) is 0 Å². The molecule has 0 radical (unpaired) electrons. The van der Waals surface area contributed by atoms with Gasteiger partial charge in [0.05, 0.1) is 5.41 Å². The molecule has 0 saturated heterocycles. The highest BCUT2D eigenvalue weighted by atomic mass is 16.4. The lowest BCUT2D eigenvalue weighted by atomic mass is 9.89. The fourth-order valence-corrected chi connectivity index (χ4v) is 0.632. The van der Waals surface area contributed by atoms with Crippen LogP contribution in [-0.2, 0) is 4.79 Å². The van der Waals surface area contributed by atoms with Crippen molar-refractivity contribution in [1.82, 2.24) is 0 Å². The van der Waals surface area contributed by atoms with E-state index < -0.39 is 11.4 Å². The second-order valence-electron chi connectivity index (χ2n) is 3.27. The molecule has 2 heteroatoms. The Morgan fingerprint density at radius 2 is 2.00 bits per heavy atom. The van der Waals surface area contributed by atoms with Crippen molar-refractivity contribution in [2.75, 3.05) is 0 Å². The van der Waals surface area contributed by atoms with Crippen LogP contribution < -0.4 is 0 Å².